The SMILES string of the molecule is O=C(COc1ccccc1C1C2=C(CCCC2=O)NC2=C1C(=O)CCC2)Nc1ccc(Cl)cc1. The van der Waals surface area contributed by atoms with Gasteiger partial charge in [0.1, 0.15) is 5.75 Å². The second-order valence-electron chi connectivity index (χ2n) is 8.78. The van der Waals surface area contributed by atoms with Crippen LogP contribution in [0.4, 0.5) is 5.69 Å². The summed E-state index contributed by atoms with van der Waals surface area (Å²) >= 11 is 5.90. The molecule has 174 valence electrons. The highest BCUT2D eigenvalue weighted by molar-refractivity contribution is 6.30. The maximum Gasteiger partial charge on any atom is 0.262 e. The molecule has 1 aliphatic heterocycles. The summed E-state index contributed by atoms with van der Waals surface area (Å²) < 4.78 is 5.95. The highest BCUT2D eigenvalue weighted by Gasteiger charge is 2.41. The Morgan fingerprint density at radius 2 is 1.53 bits per heavy atom. The topological polar surface area (TPSA) is 84.5 Å². The van der Waals surface area contributed by atoms with Gasteiger partial charge in [-0.2, -0.15) is 0 Å². The molecule has 5 rings (SSSR count). The van der Waals surface area contributed by atoms with Crippen molar-refractivity contribution in [2.75, 3.05) is 11.9 Å². The number of ketones is 2. The van der Waals surface area contributed by atoms with Crippen molar-refractivity contribution in [1.29, 1.82) is 0 Å². The third-order valence-corrected chi connectivity index (χ3v) is 6.76. The molecule has 0 saturated heterocycles. The molecule has 2 N–H and O–H groups in total. The van der Waals surface area contributed by atoms with E-state index >= 15 is 0 Å². The van der Waals surface area contributed by atoms with Gasteiger partial charge in [0.2, 0.25) is 0 Å². The van der Waals surface area contributed by atoms with E-state index < -0.39 is 5.92 Å². The molecule has 2 aromatic carbocycles. The fraction of sp³-hybridized carbons (Fsp3) is 0.296. The van der Waals surface area contributed by atoms with Gasteiger partial charge in [0.05, 0.1) is 0 Å². The number of benzene rings is 2. The van der Waals surface area contributed by atoms with Gasteiger partial charge in [-0.25, -0.2) is 0 Å². The van der Waals surface area contributed by atoms with Crippen LogP contribution in [-0.4, -0.2) is 24.1 Å². The number of halogens is 1. The van der Waals surface area contributed by atoms with E-state index in [4.69, 9.17) is 16.3 Å². The maximum absolute atomic E-state index is 13.1. The summed E-state index contributed by atoms with van der Waals surface area (Å²) in [5, 5.41) is 6.79. The van der Waals surface area contributed by atoms with Gasteiger partial charge >= 0.3 is 0 Å². The van der Waals surface area contributed by atoms with Crippen molar-refractivity contribution in [2.24, 2.45) is 0 Å². The van der Waals surface area contributed by atoms with E-state index in [1.807, 2.05) is 18.2 Å². The van der Waals surface area contributed by atoms with Crippen molar-refractivity contribution < 1.29 is 19.1 Å². The standard InChI is InChI=1S/C27H25ClN2O4/c28-16-11-13-17(14-12-16)29-24(33)15-34-23-10-2-1-5-18(23)25-26-19(6-3-8-21(26)31)30-20-7-4-9-22(32)27(20)25/h1-2,5,10-14,25,30H,3-4,6-9,15H2,(H,29,33). The lowest BCUT2D eigenvalue weighted by molar-refractivity contribution is -0.119. The van der Waals surface area contributed by atoms with E-state index in [9.17, 15) is 14.4 Å². The summed E-state index contributed by atoms with van der Waals surface area (Å²) in [7, 11) is 0. The lowest BCUT2D eigenvalue weighted by atomic mass is 9.71. The van der Waals surface area contributed by atoms with Gasteiger partial charge in [-0.3, -0.25) is 14.4 Å². The molecular weight excluding hydrogens is 452 g/mol. The number of hydrogen-bond acceptors (Lipinski definition) is 5. The highest BCUT2D eigenvalue weighted by atomic mass is 35.5. The Morgan fingerprint density at radius 1 is 0.912 bits per heavy atom. The number of carbonyl (C=O) groups is 3. The van der Waals surface area contributed by atoms with Crippen molar-refractivity contribution in [3.63, 3.8) is 0 Å². The fourth-order valence-corrected chi connectivity index (χ4v) is 5.14. The van der Waals surface area contributed by atoms with Crippen molar-refractivity contribution >= 4 is 34.8 Å². The number of para-hydroxylation sites is 1. The van der Waals surface area contributed by atoms with Crippen LogP contribution in [0, 0.1) is 0 Å². The number of allylic oxidation sites excluding steroid dienone is 4. The minimum absolute atomic E-state index is 0.0685. The molecule has 1 amide bonds. The lowest BCUT2D eigenvalue weighted by Gasteiger charge is -2.37. The number of Topliss-reactive ketones (excluding diaryl/α,β-unsaturated/α-hetero) is 2. The van der Waals surface area contributed by atoms with E-state index in [0.717, 1.165) is 42.6 Å². The summed E-state index contributed by atoms with van der Waals surface area (Å²) in [4.78, 5) is 38.6. The first-order valence-corrected chi connectivity index (χ1v) is 12.0. The molecule has 0 saturated carbocycles. The minimum atomic E-state index is -0.470. The molecule has 2 aliphatic carbocycles. The monoisotopic (exact) mass is 476 g/mol. The first-order chi connectivity index (χ1) is 16.5. The Labute approximate surface area is 203 Å². The Hall–Kier alpha value is -3.38. The molecular formula is C27H25ClN2O4. The third kappa shape index (κ3) is 4.38. The van der Waals surface area contributed by atoms with Gasteiger partial charge in [0, 0.05) is 57.6 Å². The molecule has 1 heterocycles. The zero-order valence-corrected chi connectivity index (χ0v) is 19.4. The second kappa shape index (κ2) is 9.47. The molecule has 0 atom stereocenters. The van der Waals surface area contributed by atoms with Crippen LogP contribution in [0.2, 0.25) is 5.02 Å². The quantitative estimate of drug-likeness (QED) is 0.630. The Bertz CT molecular complexity index is 1190. The second-order valence-corrected chi connectivity index (χ2v) is 9.21. The molecule has 0 unspecified atom stereocenters. The Kier molecular flexibility index (Phi) is 6.24. The van der Waals surface area contributed by atoms with Crippen molar-refractivity contribution in [3.05, 3.63) is 81.7 Å². The highest BCUT2D eigenvalue weighted by Crippen LogP contribution is 2.47. The molecule has 0 radical (unpaired) electrons. The zero-order valence-electron chi connectivity index (χ0n) is 18.7. The van der Waals surface area contributed by atoms with Crippen LogP contribution >= 0.6 is 11.6 Å². The van der Waals surface area contributed by atoms with Crippen LogP contribution in [0.1, 0.15) is 50.0 Å². The van der Waals surface area contributed by atoms with E-state index in [0.29, 0.717) is 40.4 Å². The van der Waals surface area contributed by atoms with Gasteiger partial charge in [0.25, 0.3) is 5.91 Å². The molecule has 0 aromatic heterocycles. The van der Waals surface area contributed by atoms with E-state index in [1.165, 1.54) is 0 Å². The number of dihydropyridines is 1. The van der Waals surface area contributed by atoms with E-state index in [1.54, 1.807) is 30.3 Å². The van der Waals surface area contributed by atoms with Crippen LogP contribution in [-0.2, 0) is 14.4 Å². The normalized spacial score (nSPS) is 18.3. The van der Waals surface area contributed by atoms with Crippen LogP contribution in [0.5, 0.6) is 5.75 Å². The number of hydrogen-bond donors (Lipinski definition) is 2. The average molecular weight is 477 g/mol. The largest absolute Gasteiger partial charge is 0.483 e. The summed E-state index contributed by atoms with van der Waals surface area (Å²) in [6, 6.07) is 14.2. The molecule has 0 fully saturated rings. The van der Waals surface area contributed by atoms with Crippen LogP contribution < -0.4 is 15.4 Å². The van der Waals surface area contributed by atoms with Crippen LogP contribution in [0.15, 0.2) is 71.1 Å². The van der Waals surface area contributed by atoms with Gasteiger partial charge in [0.15, 0.2) is 18.2 Å². The number of nitrogens with one attached hydrogen (secondary N) is 2. The number of carbonyl (C=O) groups excluding carboxylic acids is 3. The molecule has 3 aliphatic rings. The molecule has 2 aromatic rings. The number of amides is 1. The number of ether oxygens (including phenoxy) is 1. The summed E-state index contributed by atoms with van der Waals surface area (Å²) in [5.41, 5.74) is 4.54. The van der Waals surface area contributed by atoms with Crippen molar-refractivity contribution in [1.82, 2.24) is 5.32 Å². The van der Waals surface area contributed by atoms with Gasteiger partial charge in [-0.15, -0.1) is 0 Å². The smallest absolute Gasteiger partial charge is 0.262 e. The van der Waals surface area contributed by atoms with E-state index in [-0.39, 0.29) is 24.1 Å². The van der Waals surface area contributed by atoms with Gasteiger partial charge in [-0.1, -0.05) is 29.8 Å². The van der Waals surface area contributed by atoms with Gasteiger partial charge < -0.3 is 15.4 Å². The number of anilines is 1. The summed E-state index contributed by atoms with van der Waals surface area (Å²) in [6.07, 6.45) is 4.12. The molecule has 0 spiro atoms. The first-order valence-electron chi connectivity index (χ1n) is 11.6. The summed E-state index contributed by atoms with van der Waals surface area (Å²) in [5.74, 6) is -0.152. The van der Waals surface area contributed by atoms with E-state index in [2.05, 4.69) is 10.6 Å². The average Bonchev–Trinajstić information content (AvgIpc) is 2.83. The van der Waals surface area contributed by atoms with Crippen LogP contribution in [0.25, 0.3) is 0 Å². The Balaban J connectivity index is 1.45. The number of rotatable bonds is 5. The minimum Gasteiger partial charge on any atom is -0.483 e. The zero-order chi connectivity index (χ0) is 23.7. The van der Waals surface area contributed by atoms with Crippen molar-refractivity contribution in [2.45, 2.75) is 44.4 Å². The first kappa shape index (κ1) is 22.4. The van der Waals surface area contributed by atoms with Crippen LogP contribution in [0.3, 0.4) is 0 Å². The Morgan fingerprint density at radius 3 is 2.18 bits per heavy atom. The predicted molar refractivity (Wildman–Crippen MR) is 130 cm³/mol. The lowest BCUT2D eigenvalue weighted by Crippen LogP contribution is -2.36. The third-order valence-electron chi connectivity index (χ3n) is 6.51. The molecule has 6 nitrogen and oxygen atoms in total. The maximum atomic E-state index is 13.1. The summed E-state index contributed by atoms with van der Waals surface area (Å²) in [6.45, 7) is -0.204. The fourth-order valence-electron chi connectivity index (χ4n) is 5.02. The van der Waals surface area contributed by atoms with Crippen molar-refractivity contribution in [3.8, 4) is 5.75 Å². The molecule has 34 heavy (non-hydrogen) atoms. The predicted octanol–water partition coefficient (Wildman–Crippen LogP) is 5.06. The van der Waals surface area contributed by atoms with Gasteiger partial charge in [-0.05, 0) is 56.0 Å². The molecule has 0 bridgehead atoms. The molecule has 7 heteroatoms.